The molecule has 2 aliphatic rings. The molecule has 0 saturated heterocycles. The van der Waals surface area contributed by atoms with Crippen molar-refractivity contribution in [3.8, 4) is 23.0 Å². The van der Waals surface area contributed by atoms with Crippen LogP contribution in [0.3, 0.4) is 0 Å². The highest BCUT2D eigenvalue weighted by atomic mass is 32.2. The summed E-state index contributed by atoms with van der Waals surface area (Å²) in [5, 5.41) is 2.75. The van der Waals surface area contributed by atoms with Gasteiger partial charge in [-0.05, 0) is 36.2 Å². The molecule has 2 aromatic rings. The Balaban J connectivity index is 1.31. The van der Waals surface area contributed by atoms with Crippen LogP contribution in [0.1, 0.15) is 5.56 Å². The van der Waals surface area contributed by atoms with Gasteiger partial charge in [-0.2, -0.15) is 4.31 Å². The van der Waals surface area contributed by atoms with Crippen LogP contribution in [-0.4, -0.2) is 65.2 Å². The van der Waals surface area contributed by atoms with Gasteiger partial charge in [0.1, 0.15) is 26.4 Å². The van der Waals surface area contributed by atoms with Crippen molar-refractivity contribution < 1.29 is 32.2 Å². The van der Waals surface area contributed by atoms with Gasteiger partial charge in [0.15, 0.2) is 23.0 Å². The second-order valence-electron chi connectivity index (χ2n) is 7.14. The average Bonchev–Trinajstić information content (AvgIpc) is 2.78. The fraction of sp³-hybridized carbons (Fsp3) is 0.381. The summed E-state index contributed by atoms with van der Waals surface area (Å²) in [6.45, 7) is 1.90. The van der Waals surface area contributed by atoms with Crippen molar-refractivity contribution >= 4 is 15.9 Å². The number of sulfonamides is 1. The molecule has 0 saturated carbocycles. The zero-order valence-corrected chi connectivity index (χ0v) is 17.9. The Labute approximate surface area is 180 Å². The lowest BCUT2D eigenvalue weighted by atomic mass is 10.1. The summed E-state index contributed by atoms with van der Waals surface area (Å²) in [4.78, 5) is 12.3. The topological polar surface area (TPSA) is 103 Å². The molecule has 2 aromatic carbocycles. The molecule has 2 heterocycles. The van der Waals surface area contributed by atoms with Crippen molar-refractivity contribution in [2.45, 2.75) is 11.3 Å². The van der Waals surface area contributed by atoms with Gasteiger partial charge in [0.25, 0.3) is 0 Å². The third-order valence-electron chi connectivity index (χ3n) is 4.93. The molecule has 4 rings (SSSR count). The lowest BCUT2D eigenvalue weighted by Gasteiger charge is -2.21. The van der Waals surface area contributed by atoms with E-state index in [0.717, 1.165) is 9.87 Å². The third kappa shape index (κ3) is 4.86. The van der Waals surface area contributed by atoms with E-state index in [-0.39, 0.29) is 17.3 Å². The molecule has 10 heteroatoms. The van der Waals surface area contributed by atoms with Gasteiger partial charge in [-0.25, -0.2) is 8.42 Å². The maximum atomic E-state index is 12.8. The number of carbonyl (C=O) groups excluding carboxylic acids is 1. The minimum Gasteiger partial charge on any atom is -0.486 e. The van der Waals surface area contributed by atoms with Crippen molar-refractivity contribution in [1.29, 1.82) is 0 Å². The summed E-state index contributed by atoms with van der Waals surface area (Å²) < 4.78 is 48.5. The second-order valence-corrected chi connectivity index (χ2v) is 9.19. The number of carbonyl (C=O) groups is 1. The van der Waals surface area contributed by atoms with Crippen LogP contribution in [0, 0.1) is 0 Å². The predicted octanol–water partition coefficient (Wildman–Crippen LogP) is 1.21. The number of hydrogen-bond donors (Lipinski definition) is 1. The van der Waals surface area contributed by atoms with Crippen LogP contribution < -0.4 is 24.3 Å². The molecule has 0 bridgehead atoms. The number of nitrogens with zero attached hydrogens (tertiary/aromatic N) is 1. The Morgan fingerprint density at radius 2 is 1.48 bits per heavy atom. The molecule has 9 nitrogen and oxygen atoms in total. The van der Waals surface area contributed by atoms with Gasteiger partial charge in [0.05, 0.1) is 11.4 Å². The maximum Gasteiger partial charge on any atom is 0.243 e. The molecule has 1 amide bonds. The first-order valence-electron chi connectivity index (χ1n) is 9.95. The number of nitrogens with one attached hydrogen (secondary N) is 1. The SMILES string of the molecule is CN(CC(=O)NCCc1ccc2c(c1)OCCO2)S(=O)(=O)c1ccc2c(c1)OCCO2. The number of hydrogen-bond acceptors (Lipinski definition) is 7. The molecular formula is C21H24N2O7S. The van der Waals surface area contributed by atoms with Crippen molar-refractivity contribution in [2.24, 2.45) is 0 Å². The highest BCUT2D eigenvalue weighted by molar-refractivity contribution is 7.89. The molecule has 1 N–H and O–H groups in total. The highest BCUT2D eigenvalue weighted by Gasteiger charge is 2.25. The minimum absolute atomic E-state index is 0.0447. The van der Waals surface area contributed by atoms with Crippen LogP contribution in [-0.2, 0) is 21.2 Å². The van der Waals surface area contributed by atoms with E-state index < -0.39 is 10.0 Å². The molecule has 0 aromatic heterocycles. The molecule has 0 aliphatic carbocycles. The average molecular weight is 448 g/mol. The Hall–Kier alpha value is -2.98. The summed E-state index contributed by atoms with van der Waals surface area (Å²) in [5.74, 6) is 1.90. The Kier molecular flexibility index (Phi) is 6.19. The van der Waals surface area contributed by atoms with Gasteiger partial charge in [0.2, 0.25) is 15.9 Å². The van der Waals surface area contributed by atoms with E-state index in [1.54, 1.807) is 6.07 Å². The van der Waals surface area contributed by atoms with Crippen molar-refractivity contribution in [2.75, 3.05) is 46.6 Å². The molecule has 166 valence electrons. The van der Waals surface area contributed by atoms with Crippen molar-refractivity contribution in [3.05, 3.63) is 42.0 Å². The normalized spacial score (nSPS) is 14.9. The third-order valence-corrected chi connectivity index (χ3v) is 6.73. The summed E-state index contributed by atoms with van der Waals surface area (Å²) in [6.07, 6.45) is 0.584. The summed E-state index contributed by atoms with van der Waals surface area (Å²) >= 11 is 0. The summed E-state index contributed by atoms with van der Waals surface area (Å²) in [7, 11) is -2.48. The largest absolute Gasteiger partial charge is 0.486 e. The minimum atomic E-state index is -3.85. The van der Waals surface area contributed by atoms with Crippen molar-refractivity contribution in [1.82, 2.24) is 9.62 Å². The number of benzene rings is 2. The number of likely N-dealkylation sites (N-methyl/N-ethyl adjacent to an activating group) is 1. The van der Waals surface area contributed by atoms with E-state index in [2.05, 4.69) is 5.32 Å². The van der Waals surface area contributed by atoms with Gasteiger partial charge in [0, 0.05) is 19.7 Å². The number of ether oxygens (including phenoxy) is 4. The summed E-state index contributed by atoms with van der Waals surface area (Å²) in [5.41, 5.74) is 0.988. The van der Waals surface area contributed by atoms with Crippen LogP contribution in [0.4, 0.5) is 0 Å². The van der Waals surface area contributed by atoms with E-state index in [0.29, 0.717) is 62.4 Å². The molecule has 0 atom stereocenters. The van der Waals surface area contributed by atoms with Gasteiger partial charge in [-0.1, -0.05) is 6.07 Å². The lowest BCUT2D eigenvalue weighted by Crippen LogP contribution is -2.39. The van der Waals surface area contributed by atoms with Crippen molar-refractivity contribution in [3.63, 3.8) is 0 Å². The van der Waals surface area contributed by atoms with E-state index in [4.69, 9.17) is 18.9 Å². The summed E-state index contributed by atoms with van der Waals surface area (Å²) in [6, 6.07) is 10.1. The van der Waals surface area contributed by atoms with Gasteiger partial charge >= 0.3 is 0 Å². The zero-order valence-electron chi connectivity index (χ0n) is 17.1. The number of fused-ring (bicyclic) bond motifs is 2. The standard InChI is InChI=1S/C21H24N2O7S/c1-23(31(25,26)16-3-5-18-20(13-16)30-11-9-28-18)14-21(24)22-7-6-15-2-4-17-19(12-15)29-10-8-27-17/h2-5,12-13H,6-11,14H2,1H3,(H,22,24). The van der Waals surface area contributed by atoms with E-state index in [1.165, 1.54) is 19.2 Å². The molecule has 31 heavy (non-hydrogen) atoms. The molecule has 0 spiro atoms. The molecule has 2 aliphatic heterocycles. The lowest BCUT2D eigenvalue weighted by molar-refractivity contribution is -0.121. The monoisotopic (exact) mass is 448 g/mol. The Morgan fingerprint density at radius 1 is 0.903 bits per heavy atom. The zero-order chi connectivity index (χ0) is 21.8. The maximum absolute atomic E-state index is 12.8. The first kappa shape index (κ1) is 21.3. The molecule has 0 radical (unpaired) electrons. The van der Waals surface area contributed by atoms with Crippen LogP contribution in [0.15, 0.2) is 41.3 Å². The van der Waals surface area contributed by atoms with Gasteiger partial charge < -0.3 is 24.3 Å². The Bertz CT molecular complexity index is 1070. The van der Waals surface area contributed by atoms with Crippen LogP contribution in [0.25, 0.3) is 0 Å². The van der Waals surface area contributed by atoms with E-state index >= 15 is 0 Å². The molecule has 0 fully saturated rings. The van der Waals surface area contributed by atoms with Gasteiger partial charge in [-0.3, -0.25) is 4.79 Å². The van der Waals surface area contributed by atoms with Crippen LogP contribution in [0.2, 0.25) is 0 Å². The number of rotatable bonds is 7. The van der Waals surface area contributed by atoms with Crippen LogP contribution in [0.5, 0.6) is 23.0 Å². The first-order chi connectivity index (χ1) is 14.9. The van der Waals surface area contributed by atoms with E-state index in [1.807, 2.05) is 18.2 Å². The second kappa shape index (κ2) is 9.03. The van der Waals surface area contributed by atoms with E-state index in [9.17, 15) is 13.2 Å². The fourth-order valence-electron chi connectivity index (χ4n) is 3.30. The van der Waals surface area contributed by atoms with Crippen LogP contribution >= 0.6 is 0 Å². The quantitative estimate of drug-likeness (QED) is 0.679. The van der Waals surface area contributed by atoms with Gasteiger partial charge in [-0.15, -0.1) is 0 Å². The number of amides is 1. The first-order valence-corrected chi connectivity index (χ1v) is 11.4. The molecule has 0 unspecified atom stereocenters. The smallest absolute Gasteiger partial charge is 0.243 e. The molecular weight excluding hydrogens is 424 g/mol. The highest BCUT2D eigenvalue weighted by Crippen LogP contribution is 2.33. The predicted molar refractivity (Wildman–Crippen MR) is 111 cm³/mol. The fourth-order valence-corrected chi connectivity index (χ4v) is 4.44. The Morgan fingerprint density at radius 3 is 2.16 bits per heavy atom.